The third-order valence-electron chi connectivity index (χ3n) is 3.75. The number of aryl methyl sites for hydroxylation is 1. The summed E-state index contributed by atoms with van der Waals surface area (Å²) in [5.41, 5.74) is 9.00. The van der Waals surface area contributed by atoms with Crippen molar-refractivity contribution >= 4 is 10.9 Å². The number of aromatic amines is 1. The summed E-state index contributed by atoms with van der Waals surface area (Å²) in [5, 5.41) is 0.894. The fourth-order valence-corrected chi connectivity index (χ4v) is 2.89. The van der Waals surface area contributed by atoms with Gasteiger partial charge in [0.15, 0.2) is 11.5 Å². The average molecular weight is 266 g/mol. The number of nitrogens with one attached hydrogen (secondary N) is 1. The Labute approximate surface area is 107 Å². The van der Waals surface area contributed by atoms with Crippen LogP contribution in [-0.2, 0) is 12.8 Å². The summed E-state index contributed by atoms with van der Waals surface area (Å²) in [4.78, 5) is 3.26. The van der Waals surface area contributed by atoms with Crippen molar-refractivity contribution in [1.82, 2.24) is 4.98 Å². The van der Waals surface area contributed by atoms with Gasteiger partial charge in [0.05, 0.1) is 0 Å². The van der Waals surface area contributed by atoms with Gasteiger partial charge in [-0.3, -0.25) is 0 Å². The quantitative estimate of drug-likeness (QED) is 0.769. The number of ether oxygens (including phenoxy) is 2. The van der Waals surface area contributed by atoms with Crippen molar-refractivity contribution in [1.29, 1.82) is 0 Å². The van der Waals surface area contributed by atoms with Gasteiger partial charge in [-0.05, 0) is 30.9 Å². The van der Waals surface area contributed by atoms with Gasteiger partial charge in [-0.2, -0.15) is 0 Å². The molecule has 6 heteroatoms. The topological polar surface area (TPSA) is 60.3 Å². The number of benzene rings is 1. The molecular weight excluding hydrogens is 254 g/mol. The van der Waals surface area contributed by atoms with Gasteiger partial charge in [-0.15, -0.1) is 8.78 Å². The molecule has 0 spiro atoms. The number of hydrogen-bond donors (Lipinski definition) is 2. The van der Waals surface area contributed by atoms with Crippen molar-refractivity contribution in [3.05, 3.63) is 23.4 Å². The molecule has 19 heavy (non-hydrogen) atoms. The predicted molar refractivity (Wildman–Crippen MR) is 64.5 cm³/mol. The van der Waals surface area contributed by atoms with E-state index >= 15 is 0 Å². The first kappa shape index (κ1) is 11.0. The molecule has 0 radical (unpaired) electrons. The zero-order chi connectivity index (χ0) is 13.2. The molecule has 0 amide bonds. The van der Waals surface area contributed by atoms with Crippen LogP contribution in [0.25, 0.3) is 10.9 Å². The number of halogens is 2. The summed E-state index contributed by atoms with van der Waals surface area (Å²) in [6.07, 6.45) is -0.999. The minimum absolute atomic E-state index is 0.0698. The Bertz CT molecular complexity index is 681. The highest BCUT2D eigenvalue weighted by molar-refractivity contribution is 5.88. The summed E-state index contributed by atoms with van der Waals surface area (Å²) >= 11 is 0. The van der Waals surface area contributed by atoms with Gasteiger partial charge in [-0.25, -0.2) is 0 Å². The summed E-state index contributed by atoms with van der Waals surface area (Å²) in [5.74, 6) is 0.152. The third kappa shape index (κ3) is 1.59. The summed E-state index contributed by atoms with van der Waals surface area (Å²) in [6.45, 7) is 0. The van der Waals surface area contributed by atoms with E-state index in [2.05, 4.69) is 14.5 Å². The van der Waals surface area contributed by atoms with E-state index in [0.717, 1.165) is 41.4 Å². The van der Waals surface area contributed by atoms with Crippen LogP contribution >= 0.6 is 0 Å². The first-order valence-electron chi connectivity index (χ1n) is 6.21. The Morgan fingerprint density at radius 3 is 2.79 bits per heavy atom. The standard InChI is InChI=1S/C13H12F2N2O2/c14-13(15)18-11-4-8-7-3-6(16)1-2-9(7)17-10(8)5-12(11)19-13/h4-6,17H,1-3,16H2. The molecule has 1 aromatic heterocycles. The molecule has 0 saturated heterocycles. The molecule has 100 valence electrons. The van der Waals surface area contributed by atoms with E-state index in [4.69, 9.17) is 5.73 Å². The minimum atomic E-state index is -3.57. The van der Waals surface area contributed by atoms with Crippen LogP contribution in [0.4, 0.5) is 8.78 Å². The van der Waals surface area contributed by atoms with Crippen LogP contribution in [0.5, 0.6) is 11.5 Å². The highest BCUT2D eigenvalue weighted by Gasteiger charge is 2.43. The SMILES string of the molecule is NC1CCc2[nH]c3cc4c(cc3c2C1)OC(F)(F)O4. The van der Waals surface area contributed by atoms with E-state index in [1.807, 2.05) is 0 Å². The lowest BCUT2D eigenvalue weighted by Crippen LogP contribution is -2.27. The summed E-state index contributed by atoms with van der Waals surface area (Å²) in [7, 11) is 0. The molecule has 0 bridgehead atoms. The first-order chi connectivity index (χ1) is 9.02. The fraction of sp³-hybridized carbons (Fsp3) is 0.385. The molecule has 1 unspecified atom stereocenters. The van der Waals surface area contributed by atoms with E-state index in [9.17, 15) is 8.78 Å². The van der Waals surface area contributed by atoms with Gasteiger partial charge in [0.1, 0.15) is 0 Å². The monoisotopic (exact) mass is 266 g/mol. The molecule has 4 nitrogen and oxygen atoms in total. The van der Waals surface area contributed by atoms with E-state index < -0.39 is 6.29 Å². The van der Waals surface area contributed by atoms with Crippen LogP contribution in [0.15, 0.2) is 12.1 Å². The maximum Gasteiger partial charge on any atom is 0.586 e. The Balaban J connectivity index is 1.89. The average Bonchev–Trinajstić information content (AvgIpc) is 2.80. The Morgan fingerprint density at radius 1 is 1.26 bits per heavy atom. The predicted octanol–water partition coefficient (Wildman–Crippen LogP) is 2.31. The normalized spacial score (nSPS) is 23.6. The Morgan fingerprint density at radius 2 is 2.00 bits per heavy atom. The van der Waals surface area contributed by atoms with Gasteiger partial charge in [-0.1, -0.05) is 0 Å². The Hall–Kier alpha value is -1.82. The van der Waals surface area contributed by atoms with E-state index in [1.54, 1.807) is 12.1 Å². The zero-order valence-corrected chi connectivity index (χ0v) is 10.0. The summed E-state index contributed by atoms with van der Waals surface area (Å²) in [6, 6.07) is 3.30. The smallest absolute Gasteiger partial charge is 0.395 e. The van der Waals surface area contributed by atoms with Crippen molar-refractivity contribution in [3.8, 4) is 11.5 Å². The van der Waals surface area contributed by atoms with Crippen molar-refractivity contribution in [2.45, 2.75) is 31.6 Å². The van der Waals surface area contributed by atoms with E-state index in [-0.39, 0.29) is 17.5 Å². The molecule has 1 aliphatic carbocycles. The number of rotatable bonds is 0. The highest BCUT2D eigenvalue weighted by atomic mass is 19.3. The molecule has 3 N–H and O–H groups in total. The van der Waals surface area contributed by atoms with E-state index in [1.165, 1.54) is 0 Å². The number of aromatic nitrogens is 1. The zero-order valence-electron chi connectivity index (χ0n) is 10.0. The molecule has 1 aliphatic heterocycles. The number of H-pyrrole nitrogens is 1. The van der Waals surface area contributed by atoms with Gasteiger partial charge in [0.25, 0.3) is 0 Å². The van der Waals surface area contributed by atoms with Crippen molar-refractivity contribution in [2.24, 2.45) is 5.73 Å². The number of fused-ring (bicyclic) bond motifs is 4. The Kier molecular flexibility index (Phi) is 1.97. The molecular formula is C13H12F2N2O2. The number of alkyl halides is 2. The molecule has 2 aromatic rings. The molecule has 1 aromatic carbocycles. The summed E-state index contributed by atoms with van der Waals surface area (Å²) < 4.78 is 35.0. The van der Waals surface area contributed by atoms with Crippen LogP contribution in [0.2, 0.25) is 0 Å². The van der Waals surface area contributed by atoms with Crippen molar-refractivity contribution < 1.29 is 18.3 Å². The van der Waals surface area contributed by atoms with Crippen LogP contribution in [0.1, 0.15) is 17.7 Å². The van der Waals surface area contributed by atoms with Gasteiger partial charge < -0.3 is 20.2 Å². The molecule has 0 fully saturated rings. The molecule has 0 saturated carbocycles. The second-order valence-electron chi connectivity index (χ2n) is 5.10. The molecule has 2 aliphatic rings. The highest BCUT2D eigenvalue weighted by Crippen LogP contribution is 2.44. The maximum atomic E-state index is 13.0. The third-order valence-corrected chi connectivity index (χ3v) is 3.75. The van der Waals surface area contributed by atoms with E-state index in [0.29, 0.717) is 0 Å². The second kappa shape index (κ2) is 3.39. The first-order valence-corrected chi connectivity index (χ1v) is 6.21. The van der Waals surface area contributed by atoms with Crippen molar-refractivity contribution in [2.75, 3.05) is 0 Å². The van der Waals surface area contributed by atoms with Gasteiger partial charge in [0, 0.05) is 28.7 Å². The number of nitrogens with two attached hydrogens (primary N) is 1. The molecule has 1 atom stereocenters. The second-order valence-corrected chi connectivity index (χ2v) is 5.10. The van der Waals surface area contributed by atoms with Gasteiger partial charge in [0.2, 0.25) is 0 Å². The lowest BCUT2D eigenvalue weighted by molar-refractivity contribution is -0.286. The maximum absolute atomic E-state index is 13.0. The fourth-order valence-electron chi connectivity index (χ4n) is 2.89. The number of hydrogen-bond acceptors (Lipinski definition) is 3. The lowest BCUT2D eigenvalue weighted by Gasteiger charge is -2.18. The van der Waals surface area contributed by atoms with Crippen molar-refractivity contribution in [3.63, 3.8) is 0 Å². The van der Waals surface area contributed by atoms with Gasteiger partial charge >= 0.3 is 6.29 Å². The molecule has 4 rings (SSSR count). The van der Waals surface area contributed by atoms with Crippen LogP contribution in [0.3, 0.4) is 0 Å². The van der Waals surface area contributed by atoms with Crippen LogP contribution in [0, 0.1) is 0 Å². The van der Waals surface area contributed by atoms with Crippen LogP contribution < -0.4 is 15.2 Å². The largest absolute Gasteiger partial charge is 0.586 e. The molecule has 2 heterocycles. The van der Waals surface area contributed by atoms with Crippen LogP contribution in [-0.4, -0.2) is 17.3 Å². The lowest BCUT2D eigenvalue weighted by atomic mass is 9.92. The minimum Gasteiger partial charge on any atom is -0.395 e.